The SMILES string of the molecule is BrC1(Br)[C@H]2C[C@@]34CCCCCCCCCCCC[C@]21C[C@H]3C4. The average molecular weight is 432 g/mol. The molecule has 5 saturated carbocycles. The molecule has 5 aliphatic carbocycles. The number of hydrogen-bond donors (Lipinski definition) is 0. The largest absolute Gasteiger partial charge is 0.0899 e. The Morgan fingerprint density at radius 2 is 1.14 bits per heavy atom. The fraction of sp³-hybridized carbons (Fsp3) is 1.00. The topological polar surface area (TPSA) is 0 Å². The predicted molar refractivity (Wildman–Crippen MR) is 102 cm³/mol. The van der Waals surface area contributed by atoms with Crippen LogP contribution in [0.5, 0.6) is 0 Å². The van der Waals surface area contributed by atoms with Crippen molar-refractivity contribution >= 4 is 31.9 Å². The van der Waals surface area contributed by atoms with E-state index < -0.39 is 0 Å². The van der Waals surface area contributed by atoms with E-state index in [1.807, 2.05) is 0 Å². The highest BCUT2D eigenvalue weighted by atomic mass is 79.9. The van der Waals surface area contributed by atoms with Gasteiger partial charge in [-0.15, -0.1) is 0 Å². The summed E-state index contributed by atoms with van der Waals surface area (Å²) in [6, 6.07) is 0. The van der Waals surface area contributed by atoms with Crippen molar-refractivity contribution in [3.05, 3.63) is 0 Å². The zero-order valence-corrected chi connectivity index (χ0v) is 17.2. The van der Waals surface area contributed by atoms with E-state index in [0.29, 0.717) is 8.65 Å². The number of hydrogen-bond acceptors (Lipinski definition) is 0. The molecule has 22 heavy (non-hydrogen) atoms. The first-order valence-corrected chi connectivity index (χ1v) is 11.6. The molecule has 0 amide bonds. The molecule has 0 unspecified atom stereocenters. The predicted octanol–water partition coefficient (Wildman–Crippen LogP) is 7.58. The maximum absolute atomic E-state index is 4.10. The van der Waals surface area contributed by atoms with Crippen molar-refractivity contribution in [3.8, 4) is 0 Å². The third-order valence-electron chi connectivity index (χ3n) is 7.81. The van der Waals surface area contributed by atoms with Gasteiger partial charge in [-0.05, 0) is 49.4 Å². The van der Waals surface area contributed by atoms with Crippen LogP contribution < -0.4 is 0 Å². The van der Waals surface area contributed by atoms with Crippen molar-refractivity contribution < 1.29 is 0 Å². The molecule has 0 aromatic carbocycles. The Bertz CT molecular complexity index is 418. The number of rotatable bonds is 0. The van der Waals surface area contributed by atoms with E-state index in [9.17, 15) is 0 Å². The molecule has 4 atom stereocenters. The van der Waals surface area contributed by atoms with Gasteiger partial charge in [-0.25, -0.2) is 0 Å². The molecule has 0 nitrogen and oxygen atoms in total. The van der Waals surface area contributed by atoms with E-state index in [-0.39, 0.29) is 0 Å². The van der Waals surface area contributed by atoms with Crippen LogP contribution in [0.3, 0.4) is 0 Å². The molecule has 5 rings (SSSR count). The molecule has 0 N–H and O–H groups in total. The van der Waals surface area contributed by atoms with Gasteiger partial charge in [0.1, 0.15) is 0 Å². The van der Waals surface area contributed by atoms with E-state index in [2.05, 4.69) is 31.9 Å². The Labute approximate surface area is 153 Å². The van der Waals surface area contributed by atoms with Crippen LogP contribution in [0.15, 0.2) is 0 Å². The zero-order valence-electron chi connectivity index (χ0n) is 14.0. The van der Waals surface area contributed by atoms with Crippen LogP contribution in [-0.4, -0.2) is 3.23 Å². The van der Waals surface area contributed by atoms with Gasteiger partial charge in [-0.2, -0.15) is 0 Å². The van der Waals surface area contributed by atoms with Crippen LogP contribution in [0, 0.1) is 22.7 Å². The molecule has 5 aliphatic rings. The maximum atomic E-state index is 4.10. The normalized spacial score (nSPS) is 48.3. The number of alkyl halides is 2. The fourth-order valence-electron chi connectivity index (χ4n) is 6.19. The van der Waals surface area contributed by atoms with Crippen molar-refractivity contribution in [2.24, 2.45) is 22.7 Å². The lowest BCUT2D eigenvalue weighted by Gasteiger charge is -2.28. The van der Waals surface area contributed by atoms with Gasteiger partial charge < -0.3 is 0 Å². The Hall–Kier alpha value is 0.960. The van der Waals surface area contributed by atoms with E-state index >= 15 is 0 Å². The lowest BCUT2D eigenvalue weighted by atomic mass is 9.77. The van der Waals surface area contributed by atoms with Gasteiger partial charge >= 0.3 is 0 Å². The summed E-state index contributed by atoms with van der Waals surface area (Å²) >= 11 is 8.20. The maximum Gasteiger partial charge on any atom is 0.0899 e. The van der Waals surface area contributed by atoms with Crippen molar-refractivity contribution in [2.45, 2.75) is 99.5 Å². The van der Waals surface area contributed by atoms with Crippen molar-refractivity contribution in [3.63, 3.8) is 0 Å². The molecule has 0 aromatic rings. The van der Waals surface area contributed by atoms with Gasteiger partial charge in [0.25, 0.3) is 0 Å². The quantitative estimate of drug-likeness (QED) is 0.346. The zero-order chi connectivity index (χ0) is 15.3. The Morgan fingerprint density at radius 3 is 1.77 bits per heavy atom. The second-order valence-corrected chi connectivity index (χ2v) is 12.6. The lowest BCUT2D eigenvalue weighted by molar-refractivity contribution is 0.220. The lowest BCUT2D eigenvalue weighted by Crippen LogP contribution is -2.19. The minimum atomic E-state index is 0.307. The van der Waals surface area contributed by atoms with Crippen LogP contribution in [0.4, 0.5) is 0 Å². The molecule has 0 saturated heterocycles. The Balaban J connectivity index is 1.42. The number of fused-ring (bicyclic) bond motifs is 11. The summed E-state index contributed by atoms with van der Waals surface area (Å²) in [7, 11) is 0. The first kappa shape index (κ1) is 16.4. The first-order valence-electron chi connectivity index (χ1n) is 9.99. The highest BCUT2D eigenvalue weighted by Crippen LogP contribution is 2.86. The molecule has 0 aliphatic heterocycles. The van der Waals surface area contributed by atoms with Crippen LogP contribution in [0.25, 0.3) is 0 Å². The summed E-state index contributed by atoms with van der Waals surface area (Å²) in [5.74, 6) is 2.00. The number of halogens is 2. The Morgan fingerprint density at radius 1 is 0.591 bits per heavy atom. The summed E-state index contributed by atoms with van der Waals surface area (Å²) in [5, 5.41) is 0. The minimum absolute atomic E-state index is 0.307. The van der Waals surface area contributed by atoms with Gasteiger partial charge in [0.2, 0.25) is 0 Å². The second kappa shape index (κ2) is 6.04. The third kappa shape index (κ3) is 2.67. The molecular weight excluding hydrogens is 400 g/mol. The molecular formula is C20H32Br2. The monoisotopic (exact) mass is 430 g/mol. The highest BCUT2D eigenvalue weighted by Gasteiger charge is 2.80. The van der Waals surface area contributed by atoms with Crippen molar-refractivity contribution in [1.29, 1.82) is 0 Å². The highest BCUT2D eigenvalue weighted by molar-refractivity contribution is 9.25. The summed E-state index contributed by atoms with van der Waals surface area (Å²) in [6.07, 6.45) is 22.5. The summed E-state index contributed by atoms with van der Waals surface area (Å²) in [4.78, 5) is 0. The smallest absolute Gasteiger partial charge is 0.0718 e. The Kier molecular flexibility index (Phi) is 4.51. The second-order valence-electron chi connectivity index (χ2n) is 9.04. The molecule has 2 heteroatoms. The van der Waals surface area contributed by atoms with E-state index in [1.165, 1.54) is 83.5 Å². The minimum Gasteiger partial charge on any atom is -0.0718 e. The van der Waals surface area contributed by atoms with Gasteiger partial charge in [-0.3, -0.25) is 0 Å². The van der Waals surface area contributed by atoms with E-state index in [0.717, 1.165) is 17.3 Å². The summed E-state index contributed by atoms with van der Waals surface area (Å²) < 4.78 is 0.307. The molecule has 0 aromatic heterocycles. The average Bonchev–Trinajstić information content (AvgIpc) is 3.30. The molecule has 0 heterocycles. The molecule has 5 fully saturated rings. The van der Waals surface area contributed by atoms with Gasteiger partial charge in [-0.1, -0.05) is 96.1 Å². The van der Waals surface area contributed by atoms with Crippen LogP contribution >= 0.6 is 31.9 Å². The van der Waals surface area contributed by atoms with Gasteiger partial charge in [0.05, 0.1) is 3.23 Å². The molecule has 2 bridgehead atoms. The van der Waals surface area contributed by atoms with Crippen LogP contribution in [-0.2, 0) is 0 Å². The van der Waals surface area contributed by atoms with E-state index in [1.54, 1.807) is 12.8 Å². The van der Waals surface area contributed by atoms with Crippen LogP contribution in [0.2, 0.25) is 0 Å². The van der Waals surface area contributed by atoms with E-state index in [4.69, 9.17) is 0 Å². The molecule has 2 spiro atoms. The van der Waals surface area contributed by atoms with Crippen LogP contribution in [0.1, 0.15) is 96.3 Å². The third-order valence-corrected chi connectivity index (χ3v) is 10.5. The standard InChI is InChI=1S/C20H32Br2/c21-20(22)17-15-18-11-9-7-5-3-1-2-4-6-8-10-12-19(17,20)14-16(18)13-18/h16-17H,1-15H2/t16-,17+,18+,19+/m1/s1. The molecule has 0 radical (unpaired) electrons. The van der Waals surface area contributed by atoms with Crippen molar-refractivity contribution in [1.82, 2.24) is 0 Å². The van der Waals surface area contributed by atoms with Gasteiger partial charge in [0, 0.05) is 5.41 Å². The summed E-state index contributed by atoms with van der Waals surface area (Å²) in [5.41, 5.74) is 1.41. The molecule has 126 valence electrons. The fourth-order valence-corrected chi connectivity index (χ4v) is 8.44. The van der Waals surface area contributed by atoms with Gasteiger partial charge in [0.15, 0.2) is 0 Å². The summed E-state index contributed by atoms with van der Waals surface area (Å²) in [6.45, 7) is 0. The van der Waals surface area contributed by atoms with Crippen molar-refractivity contribution in [2.75, 3.05) is 0 Å². The first-order chi connectivity index (χ1) is 10.6.